The van der Waals surface area contributed by atoms with E-state index in [4.69, 9.17) is 10.8 Å². The first-order chi connectivity index (χ1) is 7.70. The van der Waals surface area contributed by atoms with Crippen LogP contribution < -0.4 is 5.73 Å². The molecule has 0 spiro atoms. The minimum Gasteiger partial charge on any atom is -0.505 e. The standard InChI is InChI=1S/C11H12FN3O.ClH/c12-10-5-8(1-2-11(10)16)9-6-14-15(7-9)4-3-13;/h1-2,5-7,16H,3-4,13H2;1H. The number of rotatable bonds is 3. The average Bonchev–Trinajstić information content (AvgIpc) is 2.71. The molecule has 0 aliphatic heterocycles. The zero-order chi connectivity index (χ0) is 11.5. The molecule has 1 aromatic carbocycles. The number of halogens is 2. The summed E-state index contributed by atoms with van der Waals surface area (Å²) in [6.07, 6.45) is 3.43. The number of aromatic hydroxyl groups is 1. The highest BCUT2D eigenvalue weighted by atomic mass is 35.5. The van der Waals surface area contributed by atoms with Crippen LogP contribution in [0.4, 0.5) is 4.39 Å². The van der Waals surface area contributed by atoms with E-state index >= 15 is 0 Å². The summed E-state index contributed by atoms with van der Waals surface area (Å²) in [6.45, 7) is 1.13. The molecule has 2 aromatic rings. The summed E-state index contributed by atoms with van der Waals surface area (Å²) >= 11 is 0. The fourth-order valence-corrected chi connectivity index (χ4v) is 1.45. The maximum atomic E-state index is 13.1. The van der Waals surface area contributed by atoms with Crippen molar-refractivity contribution in [2.24, 2.45) is 5.73 Å². The van der Waals surface area contributed by atoms with Gasteiger partial charge in [-0.25, -0.2) is 4.39 Å². The molecule has 92 valence electrons. The Bertz CT molecular complexity index is 501. The van der Waals surface area contributed by atoms with Crippen molar-refractivity contribution in [3.63, 3.8) is 0 Å². The second-order valence-corrected chi connectivity index (χ2v) is 3.45. The third-order valence-corrected chi connectivity index (χ3v) is 2.27. The second-order valence-electron chi connectivity index (χ2n) is 3.45. The Balaban J connectivity index is 0.00000144. The topological polar surface area (TPSA) is 64.1 Å². The molecular formula is C11H13ClFN3O. The van der Waals surface area contributed by atoms with E-state index in [0.29, 0.717) is 18.7 Å². The summed E-state index contributed by atoms with van der Waals surface area (Å²) in [7, 11) is 0. The van der Waals surface area contributed by atoms with Gasteiger partial charge in [0.05, 0.1) is 12.7 Å². The summed E-state index contributed by atoms with van der Waals surface area (Å²) in [5, 5.41) is 13.2. The van der Waals surface area contributed by atoms with Gasteiger partial charge in [-0.15, -0.1) is 12.4 Å². The summed E-state index contributed by atoms with van der Waals surface area (Å²) in [5.41, 5.74) is 6.88. The van der Waals surface area contributed by atoms with Gasteiger partial charge in [-0.1, -0.05) is 6.07 Å². The van der Waals surface area contributed by atoms with Crippen molar-refractivity contribution in [2.45, 2.75) is 6.54 Å². The third-order valence-electron chi connectivity index (χ3n) is 2.27. The number of hydrogen-bond donors (Lipinski definition) is 2. The zero-order valence-electron chi connectivity index (χ0n) is 9.01. The van der Waals surface area contributed by atoms with Crippen molar-refractivity contribution >= 4 is 12.4 Å². The van der Waals surface area contributed by atoms with E-state index in [-0.39, 0.29) is 18.2 Å². The maximum Gasteiger partial charge on any atom is 0.165 e. The lowest BCUT2D eigenvalue weighted by atomic mass is 10.1. The van der Waals surface area contributed by atoms with Gasteiger partial charge in [0.1, 0.15) is 0 Å². The van der Waals surface area contributed by atoms with Crippen LogP contribution in [0.1, 0.15) is 0 Å². The fraction of sp³-hybridized carbons (Fsp3) is 0.182. The molecule has 0 amide bonds. The molecule has 6 heteroatoms. The quantitative estimate of drug-likeness (QED) is 0.881. The number of nitrogens with two attached hydrogens (primary N) is 1. The lowest BCUT2D eigenvalue weighted by Gasteiger charge is -1.99. The van der Waals surface area contributed by atoms with Crippen molar-refractivity contribution < 1.29 is 9.50 Å². The number of benzene rings is 1. The van der Waals surface area contributed by atoms with Gasteiger partial charge in [-0.3, -0.25) is 4.68 Å². The van der Waals surface area contributed by atoms with Crippen LogP contribution in [-0.4, -0.2) is 21.4 Å². The highest BCUT2D eigenvalue weighted by Gasteiger charge is 2.05. The summed E-state index contributed by atoms with van der Waals surface area (Å²) in [5.74, 6) is -0.984. The maximum absolute atomic E-state index is 13.1. The highest BCUT2D eigenvalue weighted by molar-refractivity contribution is 5.85. The highest BCUT2D eigenvalue weighted by Crippen LogP contribution is 2.24. The lowest BCUT2D eigenvalue weighted by molar-refractivity contribution is 0.432. The molecule has 0 unspecified atom stereocenters. The smallest absolute Gasteiger partial charge is 0.165 e. The van der Waals surface area contributed by atoms with Crippen molar-refractivity contribution in [1.82, 2.24) is 9.78 Å². The van der Waals surface area contributed by atoms with Crippen LogP contribution in [0.25, 0.3) is 11.1 Å². The van der Waals surface area contributed by atoms with Crippen LogP contribution >= 0.6 is 12.4 Å². The van der Waals surface area contributed by atoms with E-state index in [2.05, 4.69) is 5.10 Å². The van der Waals surface area contributed by atoms with Crippen LogP contribution in [0.3, 0.4) is 0 Å². The van der Waals surface area contributed by atoms with E-state index in [1.807, 2.05) is 0 Å². The molecule has 1 heterocycles. The Labute approximate surface area is 104 Å². The van der Waals surface area contributed by atoms with Gasteiger partial charge in [-0.2, -0.15) is 5.10 Å². The Morgan fingerprint density at radius 1 is 1.35 bits per heavy atom. The minimum atomic E-state index is -0.635. The second kappa shape index (κ2) is 5.65. The first-order valence-corrected chi connectivity index (χ1v) is 4.92. The summed E-state index contributed by atoms with van der Waals surface area (Å²) in [6, 6.07) is 4.24. The monoisotopic (exact) mass is 257 g/mol. The number of hydrogen-bond acceptors (Lipinski definition) is 3. The molecule has 0 fully saturated rings. The zero-order valence-corrected chi connectivity index (χ0v) is 9.82. The Hall–Kier alpha value is -1.59. The molecule has 0 bridgehead atoms. The molecule has 0 radical (unpaired) electrons. The Morgan fingerprint density at radius 3 is 2.76 bits per heavy atom. The molecule has 0 atom stereocenters. The van der Waals surface area contributed by atoms with Gasteiger partial charge in [-0.05, 0) is 17.7 Å². The van der Waals surface area contributed by atoms with Crippen molar-refractivity contribution in [1.29, 1.82) is 0 Å². The van der Waals surface area contributed by atoms with Gasteiger partial charge in [0.15, 0.2) is 11.6 Å². The van der Waals surface area contributed by atoms with Gasteiger partial charge >= 0.3 is 0 Å². The molecule has 3 N–H and O–H groups in total. The molecule has 4 nitrogen and oxygen atoms in total. The number of aromatic nitrogens is 2. The largest absolute Gasteiger partial charge is 0.505 e. The lowest BCUT2D eigenvalue weighted by Crippen LogP contribution is -2.09. The van der Waals surface area contributed by atoms with Gasteiger partial charge in [0.2, 0.25) is 0 Å². The van der Waals surface area contributed by atoms with Gasteiger partial charge in [0, 0.05) is 18.3 Å². The third kappa shape index (κ3) is 2.95. The predicted octanol–water partition coefficient (Wildman–Crippen LogP) is 1.78. The Morgan fingerprint density at radius 2 is 2.12 bits per heavy atom. The molecule has 0 saturated carbocycles. The first-order valence-electron chi connectivity index (χ1n) is 4.92. The normalized spacial score (nSPS) is 10.0. The SMILES string of the molecule is Cl.NCCn1cc(-c2ccc(O)c(F)c2)cn1. The van der Waals surface area contributed by atoms with Gasteiger partial charge in [0.25, 0.3) is 0 Å². The molecule has 0 saturated heterocycles. The van der Waals surface area contributed by atoms with Crippen molar-refractivity contribution in [2.75, 3.05) is 6.54 Å². The van der Waals surface area contributed by atoms with E-state index in [1.165, 1.54) is 12.1 Å². The molecule has 0 aliphatic rings. The van der Waals surface area contributed by atoms with E-state index in [9.17, 15) is 4.39 Å². The van der Waals surface area contributed by atoms with E-state index in [1.54, 1.807) is 23.1 Å². The van der Waals surface area contributed by atoms with Crippen molar-refractivity contribution in [3.05, 3.63) is 36.4 Å². The van der Waals surface area contributed by atoms with Crippen LogP contribution in [0.5, 0.6) is 5.75 Å². The van der Waals surface area contributed by atoms with Crippen LogP contribution in [-0.2, 0) is 6.54 Å². The van der Waals surface area contributed by atoms with Gasteiger partial charge < -0.3 is 10.8 Å². The predicted molar refractivity (Wildman–Crippen MR) is 65.6 cm³/mol. The van der Waals surface area contributed by atoms with Crippen molar-refractivity contribution in [3.8, 4) is 16.9 Å². The molecule has 2 rings (SSSR count). The average molecular weight is 258 g/mol. The van der Waals surface area contributed by atoms with Crippen LogP contribution in [0.2, 0.25) is 0 Å². The fourth-order valence-electron chi connectivity index (χ4n) is 1.45. The van der Waals surface area contributed by atoms with E-state index < -0.39 is 5.82 Å². The number of nitrogens with zero attached hydrogens (tertiary/aromatic N) is 2. The summed E-state index contributed by atoms with van der Waals surface area (Å²) < 4.78 is 14.8. The first kappa shape index (κ1) is 13.5. The van der Waals surface area contributed by atoms with Crippen LogP contribution in [0.15, 0.2) is 30.6 Å². The van der Waals surface area contributed by atoms with E-state index in [0.717, 1.165) is 5.56 Å². The minimum absolute atomic E-state index is 0. The van der Waals surface area contributed by atoms with Crippen LogP contribution in [0, 0.1) is 5.82 Å². The molecular weight excluding hydrogens is 245 g/mol. The number of phenols is 1. The molecule has 1 aromatic heterocycles. The summed E-state index contributed by atoms with van der Waals surface area (Å²) in [4.78, 5) is 0. The molecule has 0 aliphatic carbocycles. The number of phenolic OH excluding ortho intramolecular Hbond substituents is 1. The Kier molecular flexibility index (Phi) is 4.48. The molecule has 17 heavy (non-hydrogen) atoms.